The molecule has 0 fully saturated rings. The van der Waals surface area contributed by atoms with Gasteiger partial charge in [0.25, 0.3) is 0 Å². The van der Waals surface area contributed by atoms with E-state index in [-0.39, 0.29) is 0 Å². The van der Waals surface area contributed by atoms with Crippen LogP contribution in [0.15, 0.2) is 18.2 Å². The molecule has 0 aliphatic rings. The summed E-state index contributed by atoms with van der Waals surface area (Å²) in [6, 6.07) is 2.79. The van der Waals surface area contributed by atoms with E-state index < -0.39 is 28.0 Å². The Morgan fingerprint density at radius 2 is 2.08 bits per heavy atom. The first-order valence-electron chi connectivity index (χ1n) is 3.18. The molecule has 0 N–H and O–H groups in total. The summed E-state index contributed by atoms with van der Waals surface area (Å²) in [6.07, 6.45) is 0. The fraction of sp³-hybridized carbons (Fsp3) is 0. The van der Waals surface area contributed by atoms with Crippen LogP contribution in [0.5, 0.6) is 0 Å². The van der Waals surface area contributed by atoms with Crippen LogP contribution in [-0.4, -0.2) is 10.9 Å². The van der Waals surface area contributed by atoms with Gasteiger partial charge in [-0.1, -0.05) is 6.07 Å². The number of nitro benzene ring substituents is 1. The zero-order valence-electron chi connectivity index (χ0n) is 6.19. The second-order valence-electron chi connectivity index (χ2n) is 2.18. The molecule has 0 aliphatic carbocycles. The van der Waals surface area contributed by atoms with E-state index in [4.69, 9.17) is 0 Å². The number of aromatic carboxylic acids is 1. The second kappa shape index (κ2) is 3.18. The number of halogens is 1. The summed E-state index contributed by atoms with van der Waals surface area (Å²) in [7, 11) is 0. The van der Waals surface area contributed by atoms with Crippen LogP contribution >= 0.6 is 0 Å². The fourth-order valence-electron chi connectivity index (χ4n) is 0.866. The zero-order chi connectivity index (χ0) is 10.0. The molecule has 0 amide bonds. The van der Waals surface area contributed by atoms with E-state index in [9.17, 15) is 24.4 Å². The van der Waals surface area contributed by atoms with Crippen LogP contribution < -0.4 is 5.11 Å². The van der Waals surface area contributed by atoms with Crippen molar-refractivity contribution in [3.8, 4) is 0 Å². The average Bonchev–Trinajstić information content (AvgIpc) is 2.02. The second-order valence-corrected chi connectivity index (χ2v) is 2.18. The topological polar surface area (TPSA) is 83.3 Å². The Hall–Kier alpha value is -1.98. The van der Waals surface area contributed by atoms with E-state index in [0.717, 1.165) is 18.2 Å². The van der Waals surface area contributed by atoms with Crippen molar-refractivity contribution in [2.75, 3.05) is 0 Å². The van der Waals surface area contributed by atoms with Crippen molar-refractivity contribution in [1.29, 1.82) is 0 Å². The van der Waals surface area contributed by atoms with Crippen LogP contribution in [0.3, 0.4) is 0 Å². The molecule has 13 heavy (non-hydrogen) atoms. The molecule has 0 aromatic heterocycles. The zero-order valence-corrected chi connectivity index (χ0v) is 6.19. The number of benzene rings is 1. The third-order valence-electron chi connectivity index (χ3n) is 1.39. The SMILES string of the molecule is O=C([O-])c1cccc(F)c1[N+](=O)[O-]. The van der Waals surface area contributed by atoms with Crippen LogP contribution in [0.4, 0.5) is 10.1 Å². The normalized spacial score (nSPS) is 9.62. The minimum Gasteiger partial charge on any atom is -0.545 e. The smallest absolute Gasteiger partial charge is 0.313 e. The van der Waals surface area contributed by atoms with Gasteiger partial charge in [-0.15, -0.1) is 0 Å². The van der Waals surface area contributed by atoms with E-state index in [1.165, 1.54) is 0 Å². The van der Waals surface area contributed by atoms with Crippen molar-refractivity contribution in [2.45, 2.75) is 0 Å². The third kappa shape index (κ3) is 1.61. The number of hydrogen-bond donors (Lipinski definition) is 0. The Kier molecular flexibility index (Phi) is 2.23. The summed E-state index contributed by atoms with van der Waals surface area (Å²) in [4.78, 5) is 19.4. The molecule has 0 saturated heterocycles. The quantitative estimate of drug-likeness (QED) is 0.481. The largest absolute Gasteiger partial charge is 0.545 e. The summed E-state index contributed by atoms with van der Waals surface area (Å²) in [5, 5.41) is 20.5. The van der Waals surface area contributed by atoms with Crippen molar-refractivity contribution in [2.24, 2.45) is 0 Å². The Morgan fingerprint density at radius 1 is 1.46 bits per heavy atom. The lowest BCUT2D eigenvalue weighted by atomic mass is 10.2. The molecule has 5 nitrogen and oxygen atoms in total. The number of nitrogens with zero attached hydrogens (tertiary/aromatic N) is 1. The molecule has 68 valence electrons. The molecular weight excluding hydrogens is 181 g/mol. The maximum atomic E-state index is 12.7. The third-order valence-corrected chi connectivity index (χ3v) is 1.39. The molecule has 0 spiro atoms. The van der Waals surface area contributed by atoms with Crippen molar-refractivity contribution >= 4 is 11.7 Å². The molecule has 0 unspecified atom stereocenters. The number of carbonyl (C=O) groups excluding carboxylic acids is 1. The van der Waals surface area contributed by atoms with E-state index >= 15 is 0 Å². The lowest BCUT2D eigenvalue weighted by molar-refractivity contribution is -0.388. The summed E-state index contributed by atoms with van der Waals surface area (Å²) in [6.45, 7) is 0. The van der Waals surface area contributed by atoms with Crippen LogP contribution in [0.2, 0.25) is 0 Å². The summed E-state index contributed by atoms with van der Waals surface area (Å²) < 4.78 is 12.7. The van der Waals surface area contributed by atoms with Gasteiger partial charge in [0, 0.05) is 0 Å². The summed E-state index contributed by atoms with van der Waals surface area (Å²) >= 11 is 0. The molecule has 1 aromatic rings. The monoisotopic (exact) mass is 184 g/mol. The highest BCUT2D eigenvalue weighted by atomic mass is 19.1. The molecule has 1 aromatic carbocycles. The van der Waals surface area contributed by atoms with Gasteiger partial charge in [0.15, 0.2) is 0 Å². The van der Waals surface area contributed by atoms with E-state index in [0.29, 0.717) is 0 Å². The number of carboxylic acids is 1. The predicted octanol–water partition coefficient (Wildman–Crippen LogP) is 0.0974. The maximum Gasteiger partial charge on any atom is 0.313 e. The van der Waals surface area contributed by atoms with Gasteiger partial charge in [-0.25, -0.2) is 0 Å². The van der Waals surface area contributed by atoms with Crippen LogP contribution in [-0.2, 0) is 0 Å². The number of carboxylic acid groups (broad SMARTS) is 1. The highest BCUT2D eigenvalue weighted by Crippen LogP contribution is 2.21. The van der Waals surface area contributed by atoms with Crippen molar-refractivity contribution in [1.82, 2.24) is 0 Å². The van der Waals surface area contributed by atoms with Gasteiger partial charge in [0.05, 0.1) is 16.5 Å². The minimum atomic E-state index is -1.77. The van der Waals surface area contributed by atoms with E-state index in [2.05, 4.69) is 0 Å². The Morgan fingerprint density at radius 3 is 2.46 bits per heavy atom. The fourth-order valence-corrected chi connectivity index (χ4v) is 0.866. The van der Waals surface area contributed by atoms with Crippen molar-refractivity contribution in [3.63, 3.8) is 0 Å². The molecule has 0 heterocycles. The number of carbonyl (C=O) groups is 1. The molecule has 6 heteroatoms. The van der Waals surface area contributed by atoms with E-state index in [1.54, 1.807) is 0 Å². The number of rotatable bonds is 2. The van der Waals surface area contributed by atoms with Gasteiger partial charge in [0.1, 0.15) is 0 Å². The van der Waals surface area contributed by atoms with Gasteiger partial charge < -0.3 is 9.90 Å². The van der Waals surface area contributed by atoms with Gasteiger partial charge in [-0.05, 0) is 12.1 Å². The highest BCUT2D eigenvalue weighted by Gasteiger charge is 2.19. The minimum absolute atomic E-state index is 0.759. The van der Waals surface area contributed by atoms with Crippen molar-refractivity contribution in [3.05, 3.63) is 39.7 Å². The first-order chi connectivity index (χ1) is 6.04. The van der Waals surface area contributed by atoms with Gasteiger partial charge in [-0.2, -0.15) is 4.39 Å². The maximum absolute atomic E-state index is 12.7. The number of para-hydroxylation sites is 1. The lowest BCUT2D eigenvalue weighted by Crippen LogP contribution is -2.23. The Balaban J connectivity index is 3.43. The average molecular weight is 184 g/mol. The lowest BCUT2D eigenvalue weighted by Gasteiger charge is -2.02. The highest BCUT2D eigenvalue weighted by molar-refractivity contribution is 5.90. The predicted molar refractivity (Wildman–Crippen MR) is 37.4 cm³/mol. The molecule has 0 bridgehead atoms. The van der Waals surface area contributed by atoms with Gasteiger partial charge >= 0.3 is 5.69 Å². The first-order valence-corrected chi connectivity index (χ1v) is 3.18. The standard InChI is InChI=1S/C7H4FNO4/c8-5-3-1-2-4(7(10)11)6(5)9(12)13/h1-3H,(H,10,11)/p-1. The Bertz CT molecular complexity index is 377. The molecule has 0 saturated carbocycles. The van der Waals surface area contributed by atoms with Crippen LogP contribution in [0.1, 0.15) is 10.4 Å². The molecule has 0 atom stereocenters. The summed E-state index contributed by atoms with van der Waals surface area (Å²) in [5.41, 5.74) is -1.83. The number of nitro groups is 1. The molecular formula is C7H3FNO4-. The Labute approximate surface area is 71.6 Å². The van der Waals surface area contributed by atoms with Gasteiger partial charge in [0.2, 0.25) is 5.82 Å². The first kappa shape index (κ1) is 9.11. The van der Waals surface area contributed by atoms with E-state index in [1.807, 2.05) is 0 Å². The van der Waals surface area contributed by atoms with Crippen molar-refractivity contribution < 1.29 is 19.2 Å². The van der Waals surface area contributed by atoms with Crippen LogP contribution in [0, 0.1) is 15.9 Å². The van der Waals surface area contributed by atoms with Gasteiger partial charge in [-0.3, -0.25) is 10.1 Å². The summed E-state index contributed by atoms with van der Waals surface area (Å²) in [5.74, 6) is -2.96. The molecule has 1 rings (SSSR count). The van der Waals surface area contributed by atoms with Crippen LogP contribution in [0.25, 0.3) is 0 Å². The number of hydrogen-bond acceptors (Lipinski definition) is 4. The molecule has 0 aliphatic heterocycles. The molecule has 0 radical (unpaired) electrons.